The molecule has 114 valence electrons. The number of hydrogen-bond acceptors (Lipinski definition) is 3. The number of hydrogen-bond donors (Lipinski definition) is 1. The second kappa shape index (κ2) is 7.78. The summed E-state index contributed by atoms with van der Waals surface area (Å²) >= 11 is 0. The van der Waals surface area contributed by atoms with Crippen molar-refractivity contribution in [1.82, 2.24) is 9.80 Å². The topological polar surface area (TPSA) is 60.9 Å². The lowest BCUT2D eigenvalue weighted by Gasteiger charge is -2.29. The third kappa shape index (κ3) is 4.56. The molecule has 2 amide bonds. The van der Waals surface area contributed by atoms with Crippen LogP contribution in [0, 0.1) is 0 Å². The van der Waals surface area contributed by atoms with Gasteiger partial charge in [0.05, 0.1) is 13.2 Å². The number of benzene rings is 1. The molecule has 21 heavy (non-hydrogen) atoms. The molecule has 5 heteroatoms. The number of aliphatic hydroxyl groups excluding tert-OH is 1. The predicted octanol–water partition coefficient (Wildman–Crippen LogP) is 1.02. The Labute approximate surface area is 125 Å². The van der Waals surface area contributed by atoms with Crippen LogP contribution in [0.5, 0.6) is 0 Å². The summed E-state index contributed by atoms with van der Waals surface area (Å²) in [6, 6.07) is 9.66. The second-order valence-electron chi connectivity index (χ2n) is 5.30. The van der Waals surface area contributed by atoms with Crippen molar-refractivity contribution in [3.63, 3.8) is 0 Å². The van der Waals surface area contributed by atoms with E-state index in [0.29, 0.717) is 19.5 Å². The maximum absolute atomic E-state index is 12.4. The van der Waals surface area contributed by atoms with Gasteiger partial charge in [-0.2, -0.15) is 0 Å². The molecule has 1 N–H and O–H groups in total. The smallest absolute Gasteiger partial charge is 0.242 e. The van der Waals surface area contributed by atoms with Crippen LogP contribution >= 0.6 is 0 Å². The van der Waals surface area contributed by atoms with E-state index in [-0.39, 0.29) is 31.5 Å². The number of nitrogens with zero attached hydrogens (tertiary/aromatic N) is 2. The van der Waals surface area contributed by atoms with Crippen molar-refractivity contribution in [3.05, 3.63) is 35.9 Å². The molecule has 1 heterocycles. The van der Waals surface area contributed by atoms with Crippen LogP contribution in [0.1, 0.15) is 24.8 Å². The molecular weight excluding hydrogens is 268 g/mol. The first kappa shape index (κ1) is 15.5. The molecule has 2 rings (SSSR count). The zero-order chi connectivity index (χ0) is 15.1. The lowest BCUT2D eigenvalue weighted by molar-refractivity contribution is -0.142. The normalized spacial score (nSPS) is 15.1. The highest BCUT2D eigenvalue weighted by Gasteiger charge is 2.23. The fourth-order valence-corrected chi connectivity index (χ4v) is 2.51. The largest absolute Gasteiger partial charge is 0.395 e. The molecule has 5 nitrogen and oxygen atoms in total. The number of likely N-dealkylation sites (tertiary alicyclic amines) is 1. The SMILES string of the molecule is O=C1CCCCN1CC(=O)N(CCO)Cc1ccccc1. The highest BCUT2D eigenvalue weighted by Crippen LogP contribution is 2.11. The minimum absolute atomic E-state index is 0.0539. The first-order chi connectivity index (χ1) is 10.2. The summed E-state index contributed by atoms with van der Waals surface area (Å²) in [5, 5.41) is 9.15. The first-order valence-electron chi connectivity index (χ1n) is 7.41. The summed E-state index contributed by atoms with van der Waals surface area (Å²) in [5.41, 5.74) is 1.02. The zero-order valence-electron chi connectivity index (χ0n) is 12.2. The number of carbonyl (C=O) groups is 2. The number of amides is 2. The van der Waals surface area contributed by atoms with Crippen LogP contribution in [0.3, 0.4) is 0 Å². The molecule has 1 aromatic carbocycles. The quantitative estimate of drug-likeness (QED) is 0.851. The monoisotopic (exact) mass is 290 g/mol. The van der Waals surface area contributed by atoms with Crippen molar-refractivity contribution >= 4 is 11.8 Å². The fraction of sp³-hybridized carbons (Fsp3) is 0.500. The third-order valence-electron chi connectivity index (χ3n) is 3.69. The Morgan fingerprint density at radius 2 is 2.00 bits per heavy atom. The van der Waals surface area contributed by atoms with Gasteiger partial charge < -0.3 is 14.9 Å². The Kier molecular flexibility index (Phi) is 5.75. The lowest BCUT2D eigenvalue weighted by atomic mass is 10.1. The van der Waals surface area contributed by atoms with Gasteiger partial charge in [-0.05, 0) is 18.4 Å². The van der Waals surface area contributed by atoms with E-state index < -0.39 is 0 Å². The van der Waals surface area contributed by atoms with Gasteiger partial charge in [0, 0.05) is 26.1 Å². The minimum Gasteiger partial charge on any atom is -0.395 e. The van der Waals surface area contributed by atoms with Gasteiger partial charge in [-0.25, -0.2) is 0 Å². The molecule has 0 atom stereocenters. The minimum atomic E-state index is -0.108. The summed E-state index contributed by atoms with van der Waals surface area (Å²) in [4.78, 5) is 27.4. The van der Waals surface area contributed by atoms with Crippen molar-refractivity contribution in [2.75, 3.05) is 26.2 Å². The van der Waals surface area contributed by atoms with E-state index in [0.717, 1.165) is 18.4 Å². The molecule has 0 bridgehead atoms. The van der Waals surface area contributed by atoms with Crippen molar-refractivity contribution in [3.8, 4) is 0 Å². The maximum atomic E-state index is 12.4. The van der Waals surface area contributed by atoms with Gasteiger partial charge in [-0.1, -0.05) is 30.3 Å². The average Bonchev–Trinajstić information content (AvgIpc) is 2.50. The average molecular weight is 290 g/mol. The van der Waals surface area contributed by atoms with E-state index in [1.165, 1.54) is 0 Å². The van der Waals surface area contributed by atoms with E-state index in [4.69, 9.17) is 5.11 Å². The van der Waals surface area contributed by atoms with Crippen LogP contribution in [-0.4, -0.2) is 53.0 Å². The predicted molar refractivity (Wildman–Crippen MR) is 79.4 cm³/mol. The van der Waals surface area contributed by atoms with Crippen LogP contribution < -0.4 is 0 Å². The van der Waals surface area contributed by atoms with E-state index in [9.17, 15) is 9.59 Å². The van der Waals surface area contributed by atoms with E-state index >= 15 is 0 Å². The Balaban J connectivity index is 1.96. The number of rotatable bonds is 6. The number of carbonyl (C=O) groups excluding carboxylic acids is 2. The van der Waals surface area contributed by atoms with Gasteiger partial charge in [0.1, 0.15) is 0 Å². The molecule has 0 spiro atoms. The Hall–Kier alpha value is -1.88. The summed E-state index contributed by atoms with van der Waals surface area (Å²) in [6.45, 7) is 1.44. The van der Waals surface area contributed by atoms with Gasteiger partial charge in [-0.15, -0.1) is 0 Å². The summed E-state index contributed by atoms with van der Waals surface area (Å²) in [7, 11) is 0. The van der Waals surface area contributed by atoms with Crippen molar-refractivity contribution in [2.24, 2.45) is 0 Å². The molecule has 1 aromatic rings. The van der Waals surface area contributed by atoms with E-state index in [1.54, 1.807) is 9.80 Å². The standard InChI is InChI=1S/C16H22N2O3/c19-11-10-18(12-14-6-2-1-3-7-14)16(21)13-17-9-5-4-8-15(17)20/h1-3,6-7,19H,4-5,8-13H2. The first-order valence-corrected chi connectivity index (χ1v) is 7.41. The van der Waals surface area contributed by atoms with Gasteiger partial charge in [0.15, 0.2) is 0 Å². The van der Waals surface area contributed by atoms with Gasteiger partial charge in [0.25, 0.3) is 0 Å². The second-order valence-corrected chi connectivity index (χ2v) is 5.30. The van der Waals surface area contributed by atoms with Crippen LogP contribution in [0.25, 0.3) is 0 Å². The molecule has 0 radical (unpaired) electrons. The van der Waals surface area contributed by atoms with E-state index in [1.807, 2.05) is 30.3 Å². The Morgan fingerprint density at radius 3 is 2.67 bits per heavy atom. The Morgan fingerprint density at radius 1 is 1.24 bits per heavy atom. The van der Waals surface area contributed by atoms with Crippen molar-refractivity contribution < 1.29 is 14.7 Å². The van der Waals surface area contributed by atoms with Gasteiger partial charge in [-0.3, -0.25) is 9.59 Å². The lowest BCUT2D eigenvalue weighted by Crippen LogP contribution is -2.45. The highest BCUT2D eigenvalue weighted by atomic mass is 16.3. The molecule has 1 saturated heterocycles. The molecule has 1 aliphatic rings. The summed E-state index contributed by atoms with van der Waals surface area (Å²) < 4.78 is 0. The summed E-state index contributed by atoms with van der Waals surface area (Å²) in [6.07, 6.45) is 2.40. The van der Waals surface area contributed by atoms with Crippen LogP contribution in [0.2, 0.25) is 0 Å². The fourth-order valence-electron chi connectivity index (χ4n) is 2.51. The third-order valence-corrected chi connectivity index (χ3v) is 3.69. The molecule has 0 unspecified atom stereocenters. The molecule has 1 aliphatic heterocycles. The molecule has 0 saturated carbocycles. The van der Waals surface area contributed by atoms with Gasteiger partial charge in [0.2, 0.25) is 11.8 Å². The molecular formula is C16H22N2O3. The maximum Gasteiger partial charge on any atom is 0.242 e. The van der Waals surface area contributed by atoms with Crippen molar-refractivity contribution in [2.45, 2.75) is 25.8 Å². The van der Waals surface area contributed by atoms with Gasteiger partial charge >= 0.3 is 0 Å². The summed E-state index contributed by atoms with van der Waals surface area (Å²) in [5.74, 6) is -0.0542. The Bertz CT molecular complexity index is 476. The van der Waals surface area contributed by atoms with Crippen LogP contribution in [-0.2, 0) is 16.1 Å². The molecule has 0 aromatic heterocycles. The zero-order valence-corrected chi connectivity index (χ0v) is 12.2. The van der Waals surface area contributed by atoms with E-state index in [2.05, 4.69) is 0 Å². The van der Waals surface area contributed by atoms with Crippen LogP contribution in [0.15, 0.2) is 30.3 Å². The highest BCUT2D eigenvalue weighted by molar-refractivity contribution is 5.85. The number of aliphatic hydroxyl groups is 1. The number of piperidine rings is 1. The molecule has 0 aliphatic carbocycles. The van der Waals surface area contributed by atoms with Crippen molar-refractivity contribution in [1.29, 1.82) is 0 Å². The molecule has 1 fully saturated rings. The van der Waals surface area contributed by atoms with Crippen LogP contribution in [0.4, 0.5) is 0 Å².